The molecule has 0 atom stereocenters. The highest BCUT2D eigenvalue weighted by atomic mass is 32.2. The third-order valence-electron chi connectivity index (χ3n) is 3.70. The first-order valence-electron chi connectivity index (χ1n) is 6.51. The molecule has 7 nitrogen and oxygen atoms in total. The van der Waals surface area contributed by atoms with Crippen LogP contribution in [0, 0.1) is 6.92 Å². The van der Waals surface area contributed by atoms with Gasteiger partial charge in [0.2, 0.25) is 0 Å². The maximum absolute atomic E-state index is 12.4. The van der Waals surface area contributed by atoms with Gasteiger partial charge in [-0.25, -0.2) is 13.4 Å². The molecule has 20 heavy (non-hydrogen) atoms. The van der Waals surface area contributed by atoms with Gasteiger partial charge in [0.15, 0.2) is 5.03 Å². The van der Waals surface area contributed by atoms with E-state index in [-0.39, 0.29) is 11.6 Å². The Morgan fingerprint density at radius 2 is 2.10 bits per heavy atom. The van der Waals surface area contributed by atoms with Crippen LogP contribution in [0.5, 0.6) is 0 Å². The molecule has 0 saturated carbocycles. The fourth-order valence-corrected chi connectivity index (χ4v) is 3.49. The molecule has 0 radical (unpaired) electrons. The van der Waals surface area contributed by atoms with Crippen molar-refractivity contribution in [2.24, 2.45) is 7.05 Å². The number of imidazole rings is 1. The lowest BCUT2D eigenvalue weighted by Crippen LogP contribution is -2.47. The summed E-state index contributed by atoms with van der Waals surface area (Å²) in [6.07, 6.45) is 2.36. The smallest absolute Gasteiger partial charge is 0.261 e. The molecular weight excluding hydrogens is 282 g/mol. The van der Waals surface area contributed by atoms with Crippen molar-refractivity contribution in [3.8, 4) is 0 Å². The highest BCUT2D eigenvalue weighted by Gasteiger charge is 2.35. The Morgan fingerprint density at radius 1 is 1.50 bits per heavy atom. The molecule has 114 valence electrons. The number of aliphatic hydroxyl groups is 1. The maximum Gasteiger partial charge on any atom is 0.261 e. The number of nitrogens with zero attached hydrogens (tertiary/aromatic N) is 3. The van der Waals surface area contributed by atoms with Gasteiger partial charge < -0.3 is 14.4 Å². The van der Waals surface area contributed by atoms with Crippen LogP contribution in [-0.4, -0.2) is 59.8 Å². The summed E-state index contributed by atoms with van der Waals surface area (Å²) >= 11 is 0. The van der Waals surface area contributed by atoms with Crippen LogP contribution in [0.3, 0.4) is 0 Å². The van der Waals surface area contributed by atoms with E-state index in [1.54, 1.807) is 18.5 Å². The summed E-state index contributed by atoms with van der Waals surface area (Å²) in [5.74, 6) is 0.627. The summed E-state index contributed by atoms with van der Waals surface area (Å²) in [4.78, 5) is 4.05. The molecule has 2 heterocycles. The van der Waals surface area contributed by atoms with Crippen LogP contribution in [0.4, 0.5) is 0 Å². The van der Waals surface area contributed by atoms with E-state index in [0.717, 1.165) is 0 Å². The van der Waals surface area contributed by atoms with Crippen molar-refractivity contribution in [2.75, 3.05) is 26.8 Å². The van der Waals surface area contributed by atoms with Gasteiger partial charge in [-0.3, -0.25) is 0 Å². The molecule has 0 amide bonds. The second kappa shape index (κ2) is 5.44. The second-order valence-corrected chi connectivity index (χ2v) is 7.33. The van der Waals surface area contributed by atoms with Gasteiger partial charge in [-0.05, 0) is 6.92 Å². The Balaban J connectivity index is 2.16. The van der Waals surface area contributed by atoms with Gasteiger partial charge in [-0.2, -0.15) is 4.31 Å². The van der Waals surface area contributed by atoms with E-state index >= 15 is 0 Å². The highest BCUT2D eigenvalue weighted by molar-refractivity contribution is 7.89. The molecule has 0 aliphatic carbocycles. The fraction of sp³-hybridized carbons (Fsp3) is 0.750. The Bertz CT molecular complexity index is 556. The summed E-state index contributed by atoms with van der Waals surface area (Å²) in [6.45, 7) is 2.69. The third kappa shape index (κ3) is 3.03. The van der Waals surface area contributed by atoms with E-state index in [1.165, 1.54) is 17.5 Å². The summed E-state index contributed by atoms with van der Waals surface area (Å²) in [7, 11) is -0.469. The lowest BCUT2D eigenvalue weighted by Gasteiger charge is -2.34. The van der Waals surface area contributed by atoms with Crippen molar-refractivity contribution in [1.29, 1.82) is 0 Å². The molecule has 1 N–H and O–H groups in total. The summed E-state index contributed by atoms with van der Waals surface area (Å²) in [5.41, 5.74) is -1.02. The summed E-state index contributed by atoms with van der Waals surface area (Å²) in [5, 5.41) is 10.4. The van der Waals surface area contributed by atoms with Gasteiger partial charge in [0.25, 0.3) is 10.0 Å². The molecule has 2 rings (SSSR count). The first kappa shape index (κ1) is 15.4. The van der Waals surface area contributed by atoms with E-state index in [1.807, 2.05) is 0 Å². The molecule has 1 aromatic rings. The first-order valence-corrected chi connectivity index (χ1v) is 7.95. The largest absolute Gasteiger partial charge is 0.388 e. The average Bonchev–Trinajstić information content (AvgIpc) is 2.70. The predicted molar refractivity (Wildman–Crippen MR) is 72.8 cm³/mol. The van der Waals surface area contributed by atoms with E-state index in [2.05, 4.69) is 4.98 Å². The van der Waals surface area contributed by atoms with Crippen LogP contribution >= 0.6 is 0 Å². The average molecular weight is 303 g/mol. The van der Waals surface area contributed by atoms with E-state index in [4.69, 9.17) is 4.74 Å². The zero-order valence-electron chi connectivity index (χ0n) is 12.0. The van der Waals surface area contributed by atoms with Gasteiger partial charge in [-0.15, -0.1) is 0 Å². The number of ether oxygens (including phenoxy) is 1. The molecule has 0 bridgehead atoms. The quantitative estimate of drug-likeness (QED) is 0.839. The molecule has 1 aromatic heterocycles. The summed E-state index contributed by atoms with van der Waals surface area (Å²) < 4.78 is 32.9. The lowest BCUT2D eigenvalue weighted by molar-refractivity contribution is -0.0689. The zero-order chi connectivity index (χ0) is 15.0. The van der Waals surface area contributed by atoms with E-state index in [0.29, 0.717) is 31.9 Å². The molecule has 1 aliphatic rings. The van der Waals surface area contributed by atoms with Crippen molar-refractivity contribution in [2.45, 2.75) is 30.4 Å². The van der Waals surface area contributed by atoms with Crippen LogP contribution in [0.1, 0.15) is 18.7 Å². The van der Waals surface area contributed by atoms with Gasteiger partial charge >= 0.3 is 0 Å². The van der Waals surface area contributed by atoms with Crippen molar-refractivity contribution in [1.82, 2.24) is 13.9 Å². The number of hydrogen-bond donors (Lipinski definition) is 1. The normalized spacial score (nSPS) is 19.4. The minimum atomic E-state index is -3.68. The standard InChI is InChI=1S/C12H21N3O4S/c1-10-13-11(8-14(10)2)20(17,18)15(3)9-12(16)4-6-19-7-5-12/h8,16H,4-7,9H2,1-3H3. The molecule has 0 spiro atoms. The molecule has 0 aromatic carbocycles. The molecule has 1 aliphatic heterocycles. The van der Waals surface area contributed by atoms with Crippen molar-refractivity contribution < 1.29 is 18.3 Å². The number of rotatable bonds is 4. The topological polar surface area (TPSA) is 84.7 Å². The Kier molecular flexibility index (Phi) is 4.19. The van der Waals surface area contributed by atoms with Crippen molar-refractivity contribution in [3.63, 3.8) is 0 Å². The molecule has 1 fully saturated rings. The van der Waals surface area contributed by atoms with Gasteiger partial charge in [0.05, 0.1) is 5.60 Å². The van der Waals surface area contributed by atoms with Gasteiger partial charge in [-0.1, -0.05) is 0 Å². The monoisotopic (exact) mass is 303 g/mol. The minimum Gasteiger partial charge on any atom is -0.388 e. The zero-order valence-corrected chi connectivity index (χ0v) is 12.9. The Labute approximate surface area is 119 Å². The number of sulfonamides is 1. The highest BCUT2D eigenvalue weighted by Crippen LogP contribution is 2.24. The molecule has 8 heteroatoms. The number of aromatic nitrogens is 2. The third-order valence-corrected chi connectivity index (χ3v) is 5.38. The molecule has 0 unspecified atom stereocenters. The van der Waals surface area contributed by atoms with Crippen LogP contribution < -0.4 is 0 Å². The van der Waals surface area contributed by atoms with Crippen molar-refractivity contribution >= 4 is 10.0 Å². The number of aryl methyl sites for hydroxylation is 2. The first-order chi connectivity index (χ1) is 9.24. The van der Waals surface area contributed by atoms with Crippen LogP contribution in [0.2, 0.25) is 0 Å². The maximum atomic E-state index is 12.4. The van der Waals surface area contributed by atoms with Crippen LogP contribution in [0.15, 0.2) is 11.2 Å². The fourth-order valence-electron chi connectivity index (χ4n) is 2.22. The minimum absolute atomic E-state index is 0.00987. The van der Waals surface area contributed by atoms with Crippen molar-refractivity contribution in [3.05, 3.63) is 12.0 Å². The van der Waals surface area contributed by atoms with Gasteiger partial charge in [0.1, 0.15) is 5.82 Å². The Morgan fingerprint density at radius 3 is 2.60 bits per heavy atom. The van der Waals surface area contributed by atoms with E-state index < -0.39 is 15.6 Å². The predicted octanol–water partition coefficient (Wildman–Crippen LogP) is -0.109. The molecular formula is C12H21N3O4S. The second-order valence-electron chi connectivity index (χ2n) is 5.34. The van der Waals surface area contributed by atoms with Crippen LogP contribution in [0.25, 0.3) is 0 Å². The SMILES string of the molecule is Cc1nc(S(=O)(=O)N(C)CC2(O)CCOCC2)cn1C. The Hall–Kier alpha value is -0.960. The number of hydrogen-bond acceptors (Lipinski definition) is 5. The molecule has 1 saturated heterocycles. The summed E-state index contributed by atoms with van der Waals surface area (Å²) in [6, 6.07) is 0. The van der Waals surface area contributed by atoms with Gasteiger partial charge in [0, 0.05) is 52.9 Å². The van der Waals surface area contributed by atoms with E-state index in [9.17, 15) is 13.5 Å². The number of likely N-dealkylation sites (N-methyl/N-ethyl adjacent to an activating group) is 1. The van der Waals surface area contributed by atoms with Crippen LogP contribution in [-0.2, 0) is 21.8 Å². The lowest BCUT2D eigenvalue weighted by atomic mass is 9.95.